The van der Waals surface area contributed by atoms with Crippen LogP contribution in [0.15, 0.2) is 0 Å². The smallest absolute Gasteiger partial charge is 0.306 e. The van der Waals surface area contributed by atoms with Gasteiger partial charge in [-0.25, -0.2) is 8.42 Å². The lowest BCUT2D eigenvalue weighted by molar-refractivity contribution is -0.141. The molecule has 0 saturated heterocycles. The van der Waals surface area contributed by atoms with E-state index in [9.17, 15) is 13.2 Å². The summed E-state index contributed by atoms with van der Waals surface area (Å²) in [6.45, 7) is 0. The molecule has 1 atom stereocenters. The topological polar surface area (TPSA) is 86.5 Å². The van der Waals surface area contributed by atoms with Gasteiger partial charge in [0.15, 0.2) is 9.84 Å². The maximum absolute atomic E-state index is 12.1. The molecule has 0 aromatic rings. The highest BCUT2D eigenvalue weighted by Crippen LogP contribution is 2.50. The Hall–Kier alpha value is -0.620. The number of hydrogen-bond acceptors (Lipinski definition) is 5. The van der Waals surface area contributed by atoms with Crippen LogP contribution in [0.5, 0.6) is 0 Å². The lowest BCUT2D eigenvalue weighted by atomic mass is 10.1. The van der Waals surface area contributed by atoms with Gasteiger partial charge in [0.05, 0.1) is 25.0 Å². The normalized spacial score (nSPS) is 23.4. The van der Waals surface area contributed by atoms with E-state index >= 15 is 0 Å². The Morgan fingerprint density at radius 2 is 2.06 bits per heavy atom. The largest absolute Gasteiger partial charge is 0.469 e. The second-order valence-electron chi connectivity index (χ2n) is 5.81. The molecule has 6 heteroatoms. The van der Waals surface area contributed by atoms with Gasteiger partial charge in [-0.15, -0.1) is 0 Å². The molecule has 18 heavy (non-hydrogen) atoms. The number of ether oxygens (including phenoxy) is 1. The van der Waals surface area contributed by atoms with E-state index < -0.39 is 9.84 Å². The number of carbonyl (C=O) groups excluding carboxylic acids is 1. The minimum atomic E-state index is -3.17. The second kappa shape index (κ2) is 4.81. The Kier molecular flexibility index (Phi) is 3.69. The first-order chi connectivity index (χ1) is 8.36. The third-order valence-corrected chi connectivity index (χ3v) is 5.85. The molecule has 0 aromatic carbocycles. The first-order valence-electron chi connectivity index (χ1n) is 6.39. The molecule has 0 heterocycles. The van der Waals surface area contributed by atoms with Crippen LogP contribution in [0.3, 0.4) is 0 Å². The van der Waals surface area contributed by atoms with Gasteiger partial charge in [0, 0.05) is 6.04 Å². The molecule has 104 valence electrons. The van der Waals surface area contributed by atoms with E-state index in [1.54, 1.807) is 0 Å². The average molecular weight is 275 g/mol. The van der Waals surface area contributed by atoms with E-state index in [4.69, 9.17) is 5.73 Å². The summed E-state index contributed by atoms with van der Waals surface area (Å²) in [5.41, 5.74) is 5.50. The lowest BCUT2D eigenvalue weighted by Gasteiger charge is -2.16. The maximum atomic E-state index is 12.1. The van der Waals surface area contributed by atoms with Crippen LogP contribution in [0.25, 0.3) is 0 Å². The molecule has 2 N–H and O–H groups in total. The Labute approximate surface area is 108 Å². The molecule has 1 unspecified atom stereocenters. The zero-order valence-electron chi connectivity index (χ0n) is 10.7. The molecule has 0 amide bonds. The predicted molar refractivity (Wildman–Crippen MR) is 67.7 cm³/mol. The van der Waals surface area contributed by atoms with Crippen molar-refractivity contribution < 1.29 is 17.9 Å². The Morgan fingerprint density at radius 3 is 2.50 bits per heavy atom. The fourth-order valence-electron chi connectivity index (χ4n) is 2.41. The fraction of sp³-hybridized carbons (Fsp3) is 0.917. The first kappa shape index (κ1) is 13.8. The van der Waals surface area contributed by atoms with Crippen molar-refractivity contribution in [1.82, 2.24) is 0 Å². The van der Waals surface area contributed by atoms with Gasteiger partial charge in [-0.2, -0.15) is 0 Å². The predicted octanol–water partition coefficient (Wildman–Crippen LogP) is 0.482. The van der Waals surface area contributed by atoms with E-state index in [1.807, 2.05) is 0 Å². The van der Waals surface area contributed by atoms with Crippen molar-refractivity contribution in [3.63, 3.8) is 0 Å². The zero-order chi connectivity index (χ0) is 13.4. The Balaban J connectivity index is 1.89. The number of esters is 1. The maximum Gasteiger partial charge on any atom is 0.306 e. The molecule has 0 radical (unpaired) electrons. The molecule has 2 saturated carbocycles. The summed E-state index contributed by atoms with van der Waals surface area (Å²) in [6.07, 6.45) is 3.88. The van der Waals surface area contributed by atoms with E-state index in [0.29, 0.717) is 5.92 Å². The van der Waals surface area contributed by atoms with Gasteiger partial charge in [0.25, 0.3) is 0 Å². The first-order valence-corrected chi connectivity index (χ1v) is 8.21. The van der Waals surface area contributed by atoms with Crippen LogP contribution in [0.2, 0.25) is 0 Å². The third-order valence-electron chi connectivity index (χ3n) is 3.90. The molecular formula is C12H21NO4S. The van der Waals surface area contributed by atoms with Crippen molar-refractivity contribution in [3.05, 3.63) is 0 Å². The molecule has 2 fully saturated rings. The average Bonchev–Trinajstić information content (AvgIpc) is 3.10. The lowest BCUT2D eigenvalue weighted by Crippen LogP contribution is -2.34. The molecule has 2 aliphatic rings. The summed E-state index contributed by atoms with van der Waals surface area (Å²) in [6, 6.07) is -0.232. The van der Waals surface area contributed by atoms with Crippen molar-refractivity contribution in [2.45, 2.75) is 38.1 Å². The van der Waals surface area contributed by atoms with Crippen molar-refractivity contribution >= 4 is 15.8 Å². The molecule has 0 aliphatic heterocycles. The van der Waals surface area contributed by atoms with Crippen molar-refractivity contribution in [2.24, 2.45) is 17.1 Å². The molecule has 2 rings (SSSR count). The zero-order valence-corrected chi connectivity index (χ0v) is 11.5. The monoisotopic (exact) mass is 275 g/mol. The standard InChI is InChI=1S/C12H21NO4S/c1-17-11(14)6-12(4-5-12)8-18(15,16)7-10(13)9-2-3-9/h9-10H,2-8,13H2,1H3. The number of carbonyl (C=O) groups is 1. The third kappa shape index (κ3) is 3.68. The fourth-order valence-corrected chi connectivity index (χ4v) is 4.71. The molecule has 0 aromatic heterocycles. The molecule has 0 bridgehead atoms. The van der Waals surface area contributed by atoms with Crippen LogP contribution in [-0.4, -0.2) is 39.0 Å². The molecule has 0 spiro atoms. The highest BCUT2D eigenvalue weighted by Gasteiger charge is 2.48. The second-order valence-corrected chi connectivity index (χ2v) is 7.92. The van der Waals surface area contributed by atoms with Gasteiger partial charge in [-0.3, -0.25) is 4.79 Å². The highest BCUT2D eigenvalue weighted by atomic mass is 32.2. The number of hydrogen-bond donors (Lipinski definition) is 1. The summed E-state index contributed by atoms with van der Waals surface area (Å²) >= 11 is 0. The van der Waals surface area contributed by atoms with E-state index in [2.05, 4.69) is 4.74 Å². The summed E-state index contributed by atoms with van der Waals surface area (Å²) in [4.78, 5) is 11.3. The van der Waals surface area contributed by atoms with E-state index in [0.717, 1.165) is 25.7 Å². The minimum Gasteiger partial charge on any atom is -0.469 e. The minimum absolute atomic E-state index is 0.0561. The summed E-state index contributed by atoms with van der Waals surface area (Å²) in [7, 11) is -1.84. The Morgan fingerprint density at radius 1 is 1.44 bits per heavy atom. The number of rotatable bonds is 7. The SMILES string of the molecule is COC(=O)CC1(CS(=O)(=O)CC(N)C2CC2)CC1. The van der Waals surface area contributed by atoms with Crippen LogP contribution in [0, 0.1) is 11.3 Å². The highest BCUT2D eigenvalue weighted by molar-refractivity contribution is 7.91. The summed E-state index contributed by atoms with van der Waals surface area (Å²) in [5, 5.41) is 0. The van der Waals surface area contributed by atoms with Gasteiger partial charge >= 0.3 is 5.97 Å². The summed E-state index contributed by atoms with van der Waals surface area (Å²) < 4.78 is 28.7. The van der Waals surface area contributed by atoms with Crippen LogP contribution in [-0.2, 0) is 19.4 Å². The van der Waals surface area contributed by atoms with Gasteiger partial charge < -0.3 is 10.5 Å². The molecule has 5 nitrogen and oxygen atoms in total. The van der Waals surface area contributed by atoms with E-state index in [1.165, 1.54) is 7.11 Å². The number of methoxy groups -OCH3 is 1. The quantitative estimate of drug-likeness (QED) is 0.683. The van der Waals surface area contributed by atoms with Gasteiger partial charge in [0.1, 0.15) is 0 Å². The molecular weight excluding hydrogens is 254 g/mol. The van der Waals surface area contributed by atoms with Crippen molar-refractivity contribution in [3.8, 4) is 0 Å². The molecule has 2 aliphatic carbocycles. The van der Waals surface area contributed by atoms with Crippen LogP contribution >= 0.6 is 0 Å². The van der Waals surface area contributed by atoms with Gasteiger partial charge in [0.2, 0.25) is 0 Å². The van der Waals surface area contributed by atoms with Crippen LogP contribution < -0.4 is 5.73 Å². The van der Waals surface area contributed by atoms with E-state index in [-0.39, 0.29) is 35.4 Å². The summed E-state index contributed by atoms with van der Waals surface area (Å²) in [5.74, 6) is 0.195. The Bertz CT molecular complexity index is 423. The van der Waals surface area contributed by atoms with Gasteiger partial charge in [-0.1, -0.05) is 0 Å². The number of sulfone groups is 1. The van der Waals surface area contributed by atoms with Crippen LogP contribution in [0.4, 0.5) is 0 Å². The van der Waals surface area contributed by atoms with Crippen molar-refractivity contribution in [1.29, 1.82) is 0 Å². The van der Waals surface area contributed by atoms with Gasteiger partial charge in [-0.05, 0) is 37.0 Å². The van der Waals surface area contributed by atoms with Crippen LogP contribution in [0.1, 0.15) is 32.1 Å². The number of nitrogens with two attached hydrogens (primary N) is 1. The van der Waals surface area contributed by atoms with Crippen molar-refractivity contribution in [2.75, 3.05) is 18.6 Å².